The normalized spacial score (nSPS) is 9.65. The summed E-state index contributed by atoms with van der Waals surface area (Å²) >= 11 is 0. The fourth-order valence-electron chi connectivity index (χ4n) is 0.641. The molecule has 0 amide bonds. The highest BCUT2D eigenvalue weighted by Gasteiger charge is 2.02. The second kappa shape index (κ2) is 9.59. The Morgan fingerprint density at radius 2 is 1.24 bits per heavy atom. The zero-order chi connectivity index (χ0) is 13.9. The van der Waals surface area contributed by atoms with Gasteiger partial charge in [0.15, 0.2) is 9.84 Å². The maximum absolute atomic E-state index is 10.7. The largest absolute Gasteiger partial charge is 0.481 e. The Labute approximate surface area is 100 Å². The van der Waals surface area contributed by atoms with E-state index in [1.807, 2.05) is 0 Å². The first-order chi connectivity index (χ1) is 7.75. The van der Waals surface area contributed by atoms with Crippen molar-refractivity contribution in [3.63, 3.8) is 0 Å². The van der Waals surface area contributed by atoms with Gasteiger partial charge in [0, 0.05) is 0 Å². The van der Waals surface area contributed by atoms with E-state index in [-0.39, 0.29) is 24.3 Å². The molecule has 0 radical (unpaired) electrons. The average Bonchev–Trinajstić information content (AvgIpc) is 2.15. The van der Waals surface area contributed by atoms with E-state index in [9.17, 15) is 18.0 Å². The van der Waals surface area contributed by atoms with Gasteiger partial charge in [0.05, 0.1) is 24.3 Å². The molecular weight excluding hydrogens is 248 g/mol. The van der Waals surface area contributed by atoms with Gasteiger partial charge in [-0.2, -0.15) is 0 Å². The molecule has 0 rings (SSSR count). The van der Waals surface area contributed by atoms with Crippen LogP contribution < -0.4 is 0 Å². The number of carboxylic acid groups (broad SMARTS) is 2. The molecular formula is C10H16O6S. The summed E-state index contributed by atoms with van der Waals surface area (Å²) < 4.78 is 21.4. The van der Waals surface area contributed by atoms with Crippen LogP contribution in [-0.2, 0) is 19.4 Å². The summed E-state index contributed by atoms with van der Waals surface area (Å²) in [6.45, 7) is 6.63. The number of carboxylic acids is 2. The second-order valence-electron chi connectivity index (χ2n) is 2.94. The Balaban J connectivity index is 0. The fourth-order valence-corrected chi connectivity index (χ4v) is 1.50. The van der Waals surface area contributed by atoms with E-state index in [4.69, 9.17) is 10.2 Å². The van der Waals surface area contributed by atoms with Gasteiger partial charge in [-0.25, -0.2) is 8.42 Å². The molecule has 17 heavy (non-hydrogen) atoms. The van der Waals surface area contributed by atoms with Crippen LogP contribution in [0.3, 0.4) is 0 Å². The summed E-state index contributed by atoms with van der Waals surface area (Å²) in [5.74, 6) is -2.07. The van der Waals surface area contributed by atoms with Gasteiger partial charge in [0.2, 0.25) is 0 Å². The molecule has 0 aliphatic carbocycles. The van der Waals surface area contributed by atoms with E-state index in [1.54, 1.807) is 0 Å². The van der Waals surface area contributed by atoms with Crippen molar-refractivity contribution in [1.29, 1.82) is 0 Å². The quantitative estimate of drug-likeness (QED) is 0.655. The molecule has 0 aromatic rings. The van der Waals surface area contributed by atoms with Crippen LogP contribution in [0.1, 0.15) is 12.8 Å². The first-order valence-electron chi connectivity index (χ1n) is 4.61. The van der Waals surface area contributed by atoms with Crippen molar-refractivity contribution in [1.82, 2.24) is 0 Å². The van der Waals surface area contributed by atoms with Crippen LogP contribution in [-0.4, -0.2) is 42.1 Å². The SMILES string of the molecule is C=CCS(=O)(=O)CC=C.O=C(O)CCC(=O)O. The van der Waals surface area contributed by atoms with Crippen molar-refractivity contribution in [3.8, 4) is 0 Å². The van der Waals surface area contributed by atoms with Gasteiger partial charge in [-0.1, -0.05) is 12.2 Å². The van der Waals surface area contributed by atoms with Crippen molar-refractivity contribution in [2.75, 3.05) is 11.5 Å². The third kappa shape index (κ3) is 17.0. The van der Waals surface area contributed by atoms with Crippen LogP contribution in [0.25, 0.3) is 0 Å². The Morgan fingerprint density at radius 1 is 0.941 bits per heavy atom. The Bertz CT molecular complexity index is 338. The first-order valence-corrected chi connectivity index (χ1v) is 6.43. The average molecular weight is 264 g/mol. The van der Waals surface area contributed by atoms with Gasteiger partial charge < -0.3 is 10.2 Å². The van der Waals surface area contributed by atoms with E-state index in [1.165, 1.54) is 12.2 Å². The molecule has 0 aromatic heterocycles. The summed E-state index contributed by atoms with van der Waals surface area (Å²) in [7, 11) is -2.92. The van der Waals surface area contributed by atoms with Crippen LogP contribution >= 0.6 is 0 Å². The number of hydrogen-bond acceptors (Lipinski definition) is 4. The third-order valence-corrected chi connectivity index (χ3v) is 2.78. The Hall–Kier alpha value is -1.63. The highest BCUT2D eigenvalue weighted by atomic mass is 32.2. The van der Waals surface area contributed by atoms with Crippen molar-refractivity contribution >= 4 is 21.8 Å². The van der Waals surface area contributed by atoms with Gasteiger partial charge in [0.1, 0.15) is 0 Å². The maximum atomic E-state index is 10.7. The summed E-state index contributed by atoms with van der Waals surface area (Å²) in [6, 6.07) is 0. The zero-order valence-electron chi connectivity index (χ0n) is 9.33. The third-order valence-electron chi connectivity index (χ3n) is 1.30. The summed E-state index contributed by atoms with van der Waals surface area (Å²) in [5, 5.41) is 15.8. The minimum absolute atomic E-state index is 0.0407. The predicted molar refractivity (Wildman–Crippen MR) is 63.6 cm³/mol. The Kier molecular flexibility index (Phi) is 10.0. The molecule has 0 bridgehead atoms. The van der Waals surface area contributed by atoms with Crippen molar-refractivity contribution < 1.29 is 28.2 Å². The van der Waals surface area contributed by atoms with E-state index < -0.39 is 21.8 Å². The monoisotopic (exact) mass is 264 g/mol. The van der Waals surface area contributed by atoms with Crippen molar-refractivity contribution in [2.45, 2.75) is 12.8 Å². The molecule has 0 fully saturated rings. The molecule has 98 valence electrons. The first kappa shape index (κ1) is 17.8. The number of rotatable bonds is 7. The molecule has 6 nitrogen and oxygen atoms in total. The topological polar surface area (TPSA) is 109 Å². The summed E-state index contributed by atoms with van der Waals surface area (Å²) in [4.78, 5) is 19.3. The summed E-state index contributed by atoms with van der Waals surface area (Å²) in [5.41, 5.74) is 0. The van der Waals surface area contributed by atoms with Crippen LogP contribution in [0.5, 0.6) is 0 Å². The highest BCUT2D eigenvalue weighted by Crippen LogP contribution is 1.89. The number of carbonyl (C=O) groups is 2. The fraction of sp³-hybridized carbons (Fsp3) is 0.400. The molecule has 0 unspecified atom stereocenters. The summed E-state index contributed by atoms with van der Waals surface area (Å²) in [6.07, 6.45) is 2.16. The maximum Gasteiger partial charge on any atom is 0.303 e. The number of aliphatic carboxylic acids is 2. The Morgan fingerprint density at radius 3 is 1.41 bits per heavy atom. The zero-order valence-corrected chi connectivity index (χ0v) is 10.1. The molecule has 0 saturated heterocycles. The molecule has 0 aromatic carbocycles. The van der Waals surface area contributed by atoms with E-state index >= 15 is 0 Å². The number of sulfone groups is 1. The molecule has 0 saturated carbocycles. The van der Waals surface area contributed by atoms with Gasteiger partial charge in [-0.05, 0) is 0 Å². The van der Waals surface area contributed by atoms with E-state index in [0.29, 0.717) is 0 Å². The predicted octanol–water partition coefficient (Wildman–Crippen LogP) is 0.709. The molecule has 0 spiro atoms. The van der Waals surface area contributed by atoms with Crippen molar-refractivity contribution in [3.05, 3.63) is 25.3 Å². The molecule has 7 heteroatoms. The van der Waals surface area contributed by atoms with E-state index in [0.717, 1.165) is 0 Å². The molecule has 0 heterocycles. The highest BCUT2D eigenvalue weighted by molar-refractivity contribution is 7.91. The second-order valence-corrected chi connectivity index (χ2v) is 5.10. The lowest BCUT2D eigenvalue weighted by Crippen LogP contribution is -2.06. The van der Waals surface area contributed by atoms with Gasteiger partial charge in [-0.3, -0.25) is 9.59 Å². The van der Waals surface area contributed by atoms with Gasteiger partial charge in [-0.15, -0.1) is 13.2 Å². The van der Waals surface area contributed by atoms with E-state index in [2.05, 4.69) is 13.2 Å². The van der Waals surface area contributed by atoms with Gasteiger partial charge >= 0.3 is 11.9 Å². The minimum atomic E-state index is -2.92. The van der Waals surface area contributed by atoms with Crippen LogP contribution in [0.4, 0.5) is 0 Å². The lowest BCUT2D eigenvalue weighted by Gasteiger charge is -1.92. The lowest BCUT2D eigenvalue weighted by molar-refractivity contribution is -0.143. The smallest absolute Gasteiger partial charge is 0.303 e. The molecule has 0 aliphatic heterocycles. The van der Waals surface area contributed by atoms with Crippen LogP contribution in [0.2, 0.25) is 0 Å². The molecule has 0 atom stereocenters. The van der Waals surface area contributed by atoms with Crippen LogP contribution in [0.15, 0.2) is 25.3 Å². The lowest BCUT2D eigenvalue weighted by atomic mass is 10.3. The molecule has 0 aliphatic rings. The van der Waals surface area contributed by atoms with Gasteiger partial charge in [0.25, 0.3) is 0 Å². The standard InChI is InChI=1S/C6H10O2S.C4H6O4/c1-3-5-9(7,8)6-4-2;5-3(6)1-2-4(7)8/h3-4H,1-2,5-6H2;1-2H2,(H,5,6)(H,7,8). The van der Waals surface area contributed by atoms with Crippen LogP contribution in [0, 0.1) is 0 Å². The van der Waals surface area contributed by atoms with Crippen molar-refractivity contribution in [2.24, 2.45) is 0 Å². The molecule has 2 N–H and O–H groups in total. The minimum Gasteiger partial charge on any atom is -0.481 e. The number of hydrogen-bond donors (Lipinski definition) is 2.